The monoisotopic (exact) mass is 633 g/mol. The number of carbonyl (C=O) groups excluding carboxylic acids is 4. The van der Waals surface area contributed by atoms with Crippen LogP contribution < -0.4 is 4.90 Å². The Morgan fingerprint density at radius 1 is 1.00 bits per heavy atom. The Hall–Kier alpha value is -3.99. The number of likely N-dealkylation sites (tertiary alicyclic amines) is 1. The molecule has 0 aliphatic carbocycles. The zero-order valence-corrected chi connectivity index (χ0v) is 25.9. The van der Waals surface area contributed by atoms with Crippen molar-refractivity contribution in [2.45, 2.75) is 49.7 Å². The fraction of sp³-hybridized carbons (Fsp3) is 0.412. The molecule has 3 amide bonds. The molecule has 1 spiro atoms. The minimum absolute atomic E-state index is 0.101. The highest BCUT2D eigenvalue weighted by atomic mass is 35.5. The van der Waals surface area contributed by atoms with Crippen molar-refractivity contribution in [1.82, 2.24) is 9.80 Å². The third-order valence-corrected chi connectivity index (χ3v) is 9.73. The molecular formula is C34H36ClN3O7. The lowest BCUT2D eigenvalue weighted by molar-refractivity contribution is -0.164. The van der Waals surface area contributed by atoms with Gasteiger partial charge in [-0.15, -0.1) is 0 Å². The third kappa shape index (κ3) is 5.24. The number of aliphatic hydroxyl groups excluding tert-OH is 1. The standard InChI is InChI=1S/C34H36ClN3O7/c1-21-29(22-11-4-3-5-12-22)44-33(43)27-25(15-8-9-16-26(40)36(21)2)45-34-17-10-18-37(24-14-7-6-13-23(24)35)32(42)30(34)38(19-20-39)31(41)28(27)34/h3-8,10-15,17,21,25,27-30,39H,9,16,18-20H2,1-2H3/b15-8-/t21-,25-,27+,28+,29+,30-,34+/m1/s1. The first kappa shape index (κ1) is 31.0. The van der Waals surface area contributed by atoms with E-state index >= 15 is 0 Å². The van der Waals surface area contributed by atoms with Crippen molar-refractivity contribution >= 4 is 41.0 Å². The highest BCUT2D eigenvalue weighted by Crippen LogP contribution is 2.53. The maximum atomic E-state index is 14.4. The van der Waals surface area contributed by atoms with E-state index in [1.165, 1.54) is 9.80 Å². The largest absolute Gasteiger partial charge is 0.455 e. The Labute approximate surface area is 266 Å². The Bertz CT molecular complexity index is 1550. The predicted molar refractivity (Wildman–Crippen MR) is 166 cm³/mol. The average Bonchev–Trinajstić information content (AvgIpc) is 3.42. The number of halogens is 1. The number of ether oxygens (including phenoxy) is 2. The number of hydrogen-bond acceptors (Lipinski definition) is 7. The number of aliphatic hydroxyl groups is 1. The van der Waals surface area contributed by atoms with Gasteiger partial charge in [0.2, 0.25) is 11.8 Å². The molecule has 0 bridgehead atoms. The Morgan fingerprint density at radius 3 is 2.47 bits per heavy atom. The first-order valence-corrected chi connectivity index (χ1v) is 15.6. The number of cyclic esters (lactones) is 1. The molecule has 2 saturated heterocycles. The molecule has 1 N–H and O–H groups in total. The van der Waals surface area contributed by atoms with E-state index in [-0.39, 0.29) is 32.0 Å². The molecule has 0 saturated carbocycles. The summed E-state index contributed by atoms with van der Waals surface area (Å²) in [5, 5.41) is 10.3. The first-order valence-electron chi connectivity index (χ1n) is 15.2. The van der Waals surface area contributed by atoms with Crippen LogP contribution in [0.3, 0.4) is 0 Å². The van der Waals surface area contributed by atoms with E-state index in [0.29, 0.717) is 22.7 Å². The Balaban J connectivity index is 1.45. The quantitative estimate of drug-likeness (QED) is 0.406. The van der Waals surface area contributed by atoms with Crippen LogP contribution in [0.4, 0.5) is 5.69 Å². The summed E-state index contributed by atoms with van der Waals surface area (Å²) in [6.45, 7) is 1.47. The number of benzene rings is 2. The minimum atomic E-state index is -1.52. The molecule has 0 unspecified atom stereocenters. The van der Waals surface area contributed by atoms with Gasteiger partial charge < -0.3 is 29.3 Å². The molecule has 2 aromatic rings. The molecular weight excluding hydrogens is 598 g/mol. The molecule has 4 aliphatic heterocycles. The Morgan fingerprint density at radius 2 is 1.73 bits per heavy atom. The molecule has 2 fully saturated rings. The van der Waals surface area contributed by atoms with Crippen molar-refractivity contribution in [3.63, 3.8) is 0 Å². The molecule has 0 aromatic heterocycles. The van der Waals surface area contributed by atoms with Crippen LogP contribution in [0.2, 0.25) is 5.02 Å². The van der Waals surface area contributed by atoms with E-state index in [1.807, 2.05) is 37.3 Å². The fourth-order valence-electron chi connectivity index (χ4n) is 7.12. The van der Waals surface area contributed by atoms with Gasteiger partial charge in [0.1, 0.15) is 23.7 Å². The maximum absolute atomic E-state index is 14.4. The third-order valence-electron chi connectivity index (χ3n) is 9.41. The molecule has 4 aliphatic rings. The van der Waals surface area contributed by atoms with Crippen LogP contribution >= 0.6 is 11.6 Å². The first-order chi connectivity index (χ1) is 21.7. The SMILES string of the molecule is C[C@@H]1[C@@H](c2ccccc2)OC(=O)[C@@H]2[C@H]3C(=O)N(CCO)[C@@H]4C(=O)N(c5ccccc5Cl)CC=C[C@]34O[C@@H]2/C=C\CCC(=O)N1C. The summed E-state index contributed by atoms with van der Waals surface area (Å²) in [6.07, 6.45) is 5.85. The molecule has 6 rings (SSSR count). The van der Waals surface area contributed by atoms with Gasteiger partial charge in [0.05, 0.1) is 35.4 Å². The fourth-order valence-corrected chi connectivity index (χ4v) is 7.36. The second-order valence-corrected chi connectivity index (χ2v) is 12.3. The Kier molecular flexibility index (Phi) is 8.56. The number of β-amino-alcohol motifs (C(OH)–C–C–N with tert-alkyl or cyclic N) is 1. The minimum Gasteiger partial charge on any atom is -0.455 e. The molecule has 45 heavy (non-hydrogen) atoms. The van der Waals surface area contributed by atoms with Gasteiger partial charge in [-0.2, -0.15) is 0 Å². The summed E-state index contributed by atoms with van der Waals surface area (Å²) in [6, 6.07) is 14.4. The van der Waals surface area contributed by atoms with Crippen molar-refractivity contribution in [1.29, 1.82) is 0 Å². The number of likely N-dealkylation sites (N-methyl/N-ethyl adjacent to an activating group) is 1. The number of carbonyl (C=O) groups is 4. The zero-order valence-electron chi connectivity index (χ0n) is 25.1. The molecule has 236 valence electrons. The van der Waals surface area contributed by atoms with Crippen LogP contribution in [0, 0.1) is 11.8 Å². The summed E-state index contributed by atoms with van der Waals surface area (Å²) >= 11 is 6.50. The summed E-state index contributed by atoms with van der Waals surface area (Å²) in [7, 11) is 1.69. The second kappa shape index (κ2) is 12.4. The number of fused-ring (bicyclic) bond motifs is 2. The number of para-hydroxylation sites is 1. The van der Waals surface area contributed by atoms with E-state index in [9.17, 15) is 24.3 Å². The van der Waals surface area contributed by atoms with Gasteiger partial charge in [-0.1, -0.05) is 78.4 Å². The van der Waals surface area contributed by atoms with Gasteiger partial charge in [-0.25, -0.2) is 0 Å². The number of nitrogens with zero attached hydrogens (tertiary/aromatic N) is 3. The number of hydrogen-bond donors (Lipinski definition) is 1. The number of anilines is 1. The van der Waals surface area contributed by atoms with Gasteiger partial charge >= 0.3 is 5.97 Å². The number of esters is 1. The number of rotatable bonds is 4. The van der Waals surface area contributed by atoms with Crippen LogP contribution in [0.15, 0.2) is 78.9 Å². The lowest BCUT2D eigenvalue weighted by Crippen LogP contribution is -2.55. The molecule has 0 radical (unpaired) electrons. The average molecular weight is 634 g/mol. The van der Waals surface area contributed by atoms with E-state index in [2.05, 4.69) is 0 Å². The van der Waals surface area contributed by atoms with Crippen LogP contribution in [-0.4, -0.2) is 89.1 Å². The summed E-state index contributed by atoms with van der Waals surface area (Å²) in [5.74, 6) is -3.88. The second-order valence-electron chi connectivity index (χ2n) is 11.9. The number of amides is 3. The van der Waals surface area contributed by atoms with Crippen molar-refractivity contribution in [3.8, 4) is 0 Å². The van der Waals surface area contributed by atoms with Crippen molar-refractivity contribution < 1.29 is 33.8 Å². The lowest BCUT2D eigenvalue weighted by Gasteiger charge is -2.35. The summed E-state index contributed by atoms with van der Waals surface area (Å²) < 4.78 is 12.9. The van der Waals surface area contributed by atoms with Crippen molar-refractivity contribution in [3.05, 3.63) is 89.5 Å². The summed E-state index contributed by atoms with van der Waals surface area (Å²) in [4.78, 5) is 60.5. The van der Waals surface area contributed by atoms with Gasteiger partial charge in [-0.05, 0) is 31.0 Å². The predicted octanol–water partition coefficient (Wildman–Crippen LogP) is 3.30. The molecule has 11 heteroatoms. The van der Waals surface area contributed by atoms with E-state index in [1.54, 1.807) is 60.5 Å². The lowest BCUT2D eigenvalue weighted by atomic mass is 9.77. The molecule has 2 aromatic carbocycles. The molecule has 10 nitrogen and oxygen atoms in total. The van der Waals surface area contributed by atoms with Crippen LogP contribution in [0.25, 0.3) is 0 Å². The van der Waals surface area contributed by atoms with Crippen LogP contribution in [0.1, 0.15) is 31.4 Å². The smallest absolute Gasteiger partial charge is 0.313 e. The summed E-state index contributed by atoms with van der Waals surface area (Å²) in [5.41, 5.74) is -0.338. The zero-order chi connectivity index (χ0) is 31.9. The van der Waals surface area contributed by atoms with Crippen molar-refractivity contribution in [2.75, 3.05) is 31.6 Å². The highest BCUT2D eigenvalue weighted by molar-refractivity contribution is 6.34. The van der Waals surface area contributed by atoms with E-state index in [4.69, 9.17) is 21.1 Å². The normalized spacial score (nSPS) is 32.7. The van der Waals surface area contributed by atoms with Crippen molar-refractivity contribution in [2.24, 2.45) is 11.8 Å². The van der Waals surface area contributed by atoms with Gasteiger partial charge in [0.15, 0.2) is 0 Å². The van der Waals surface area contributed by atoms with E-state index < -0.39 is 59.5 Å². The van der Waals surface area contributed by atoms with Gasteiger partial charge in [0.25, 0.3) is 5.91 Å². The van der Waals surface area contributed by atoms with E-state index in [0.717, 1.165) is 0 Å². The molecule has 7 atom stereocenters. The molecule has 4 heterocycles. The highest BCUT2D eigenvalue weighted by Gasteiger charge is 2.72. The number of allylic oxidation sites excluding steroid dienone is 1. The van der Waals surface area contributed by atoms with Gasteiger partial charge in [0, 0.05) is 26.6 Å². The maximum Gasteiger partial charge on any atom is 0.313 e. The van der Waals surface area contributed by atoms with Gasteiger partial charge in [-0.3, -0.25) is 19.2 Å². The van der Waals surface area contributed by atoms with Crippen LogP contribution in [-0.2, 0) is 28.7 Å². The van der Waals surface area contributed by atoms with Crippen LogP contribution in [0.5, 0.6) is 0 Å². The topological polar surface area (TPSA) is 117 Å².